The molecule has 2 aromatic rings. The number of piperidine rings is 1. The van der Waals surface area contributed by atoms with E-state index in [0.717, 1.165) is 26.1 Å². The minimum atomic E-state index is 1.03. The summed E-state index contributed by atoms with van der Waals surface area (Å²) in [6.07, 6.45) is 9.79. The maximum atomic E-state index is 3.65. The Balaban J connectivity index is 1.33. The first-order valence-electron chi connectivity index (χ1n) is 10.5. The zero-order valence-corrected chi connectivity index (χ0v) is 16.2. The van der Waals surface area contributed by atoms with Crippen LogP contribution < -0.4 is 10.2 Å². The molecule has 0 aromatic heterocycles. The molecule has 0 unspecified atom stereocenters. The minimum absolute atomic E-state index is 1.03. The zero-order chi connectivity index (χ0) is 18.3. The summed E-state index contributed by atoms with van der Waals surface area (Å²) < 4.78 is 0. The molecule has 0 amide bonds. The second kappa shape index (κ2) is 9.20. The van der Waals surface area contributed by atoms with E-state index >= 15 is 0 Å². The molecule has 0 aliphatic carbocycles. The van der Waals surface area contributed by atoms with Gasteiger partial charge in [0.1, 0.15) is 0 Å². The lowest BCUT2D eigenvalue weighted by Gasteiger charge is -2.28. The van der Waals surface area contributed by atoms with E-state index < -0.39 is 0 Å². The third kappa shape index (κ3) is 4.60. The normalized spacial score (nSPS) is 16.7. The van der Waals surface area contributed by atoms with Crippen molar-refractivity contribution in [3.05, 3.63) is 59.7 Å². The van der Waals surface area contributed by atoms with Gasteiger partial charge in [-0.1, -0.05) is 55.0 Å². The molecule has 1 saturated heterocycles. The van der Waals surface area contributed by atoms with Crippen LogP contribution in [0, 0.1) is 0 Å². The topological polar surface area (TPSA) is 18.5 Å². The van der Waals surface area contributed by atoms with Gasteiger partial charge in [0.25, 0.3) is 0 Å². The quantitative estimate of drug-likeness (QED) is 0.717. The fraction of sp³-hybridized carbons (Fsp3) is 0.417. The number of hydrogen-bond acceptors (Lipinski definition) is 3. The fourth-order valence-corrected chi connectivity index (χ4v) is 4.21. The summed E-state index contributed by atoms with van der Waals surface area (Å²) in [5, 5.41) is 3.65. The van der Waals surface area contributed by atoms with Gasteiger partial charge in [0.2, 0.25) is 0 Å². The Hall–Kier alpha value is -2.10. The number of nitrogens with one attached hydrogen (secondary N) is 1. The van der Waals surface area contributed by atoms with Crippen LogP contribution in [-0.2, 0) is 0 Å². The molecule has 27 heavy (non-hydrogen) atoms. The molecule has 3 heteroatoms. The Kier molecular flexibility index (Phi) is 6.23. The minimum Gasteiger partial charge on any atom is -0.340 e. The van der Waals surface area contributed by atoms with Crippen LogP contribution in [0.4, 0.5) is 11.4 Å². The number of nitrogens with zero attached hydrogens (tertiary/aromatic N) is 2. The van der Waals surface area contributed by atoms with Crippen molar-refractivity contribution in [3.63, 3.8) is 0 Å². The molecule has 0 bridgehead atoms. The molecule has 142 valence electrons. The van der Waals surface area contributed by atoms with Crippen molar-refractivity contribution in [2.75, 3.05) is 44.2 Å². The number of hydrogen-bond donors (Lipinski definition) is 1. The van der Waals surface area contributed by atoms with Crippen LogP contribution in [0.5, 0.6) is 0 Å². The van der Waals surface area contributed by atoms with Crippen molar-refractivity contribution in [1.29, 1.82) is 0 Å². The van der Waals surface area contributed by atoms with Crippen molar-refractivity contribution in [1.82, 2.24) is 10.2 Å². The summed E-state index contributed by atoms with van der Waals surface area (Å²) in [7, 11) is 0. The van der Waals surface area contributed by atoms with Gasteiger partial charge in [-0.3, -0.25) is 0 Å². The van der Waals surface area contributed by atoms with Gasteiger partial charge in [-0.15, -0.1) is 0 Å². The standard InChI is InChI=1S/C24H31N3/c1-6-17-26(18-7-1)20-16-25-15-8-19-27-23-11-4-2-9-21(23)13-14-22-10-3-5-12-24(22)27/h2-5,9-14,25H,1,6-8,15-20H2. The average molecular weight is 362 g/mol. The van der Waals surface area contributed by atoms with Crippen LogP contribution in [0.1, 0.15) is 36.8 Å². The van der Waals surface area contributed by atoms with E-state index in [1.165, 1.54) is 61.4 Å². The highest BCUT2D eigenvalue weighted by Crippen LogP contribution is 2.35. The maximum absolute atomic E-state index is 3.65. The van der Waals surface area contributed by atoms with Gasteiger partial charge in [-0.2, -0.15) is 0 Å². The molecular formula is C24H31N3. The van der Waals surface area contributed by atoms with Gasteiger partial charge >= 0.3 is 0 Å². The number of para-hydroxylation sites is 2. The highest BCUT2D eigenvalue weighted by atomic mass is 15.2. The van der Waals surface area contributed by atoms with E-state index in [1.54, 1.807) is 0 Å². The van der Waals surface area contributed by atoms with Crippen molar-refractivity contribution in [3.8, 4) is 0 Å². The summed E-state index contributed by atoms with van der Waals surface area (Å²) >= 11 is 0. The molecule has 0 saturated carbocycles. The average Bonchev–Trinajstić information content (AvgIpc) is 2.89. The molecule has 4 rings (SSSR count). The van der Waals surface area contributed by atoms with Gasteiger partial charge in [0, 0.05) is 31.0 Å². The first kappa shape index (κ1) is 18.3. The third-order valence-corrected chi connectivity index (χ3v) is 5.69. The van der Waals surface area contributed by atoms with Gasteiger partial charge in [0.15, 0.2) is 0 Å². The summed E-state index contributed by atoms with van der Waals surface area (Å²) in [5.74, 6) is 0. The van der Waals surface area contributed by atoms with E-state index in [9.17, 15) is 0 Å². The smallest absolute Gasteiger partial charge is 0.0484 e. The molecule has 2 aliphatic heterocycles. The summed E-state index contributed by atoms with van der Waals surface area (Å²) in [6, 6.07) is 17.4. The van der Waals surface area contributed by atoms with Crippen LogP contribution in [0.15, 0.2) is 48.5 Å². The number of anilines is 2. The Morgan fingerprint density at radius 2 is 1.33 bits per heavy atom. The van der Waals surface area contributed by atoms with Gasteiger partial charge < -0.3 is 15.1 Å². The van der Waals surface area contributed by atoms with Crippen LogP contribution in [0.3, 0.4) is 0 Å². The number of fused-ring (bicyclic) bond motifs is 2. The molecule has 2 aromatic carbocycles. The highest BCUT2D eigenvalue weighted by Gasteiger charge is 2.16. The third-order valence-electron chi connectivity index (χ3n) is 5.69. The van der Waals surface area contributed by atoms with Gasteiger partial charge in [-0.25, -0.2) is 0 Å². The van der Waals surface area contributed by atoms with Crippen molar-refractivity contribution >= 4 is 23.5 Å². The predicted octanol–water partition coefficient (Wildman–Crippen LogP) is 4.77. The van der Waals surface area contributed by atoms with Crippen molar-refractivity contribution in [2.45, 2.75) is 25.7 Å². The first-order chi connectivity index (χ1) is 13.4. The molecule has 0 spiro atoms. The second-order valence-electron chi connectivity index (χ2n) is 7.61. The van der Waals surface area contributed by atoms with Gasteiger partial charge in [0.05, 0.1) is 0 Å². The lowest BCUT2D eigenvalue weighted by Crippen LogP contribution is -2.36. The van der Waals surface area contributed by atoms with E-state index in [-0.39, 0.29) is 0 Å². The molecule has 3 nitrogen and oxygen atoms in total. The van der Waals surface area contributed by atoms with E-state index in [4.69, 9.17) is 0 Å². The number of rotatable bonds is 7. The highest BCUT2D eigenvalue weighted by molar-refractivity contribution is 5.88. The summed E-state index contributed by atoms with van der Waals surface area (Å²) in [5.41, 5.74) is 5.22. The van der Waals surface area contributed by atoms with Crippen LogP contribution in [0.25, 0.3) is 12.2 Å². The van der Waals surface area contributed by atoms with Crippen molar-refractivity contribution < 1.29 is 0 Å². The fourth-order valence-electron chi connectivity index (χ4n) is 4.21. The SMILES string of the molecule is C1=Cc2ccccc2N(CCCNCCN2CCCCC2)c2ccccc21. The van der Waals surface area contributed by atoms with Gasteiger partial charge in [-0.05, 0) is 62.2 Å². The van der Waals surface area contributed by atoms with E-state index in [2.05, 4.69) is 75.8 Å². The molecular weight excluding hydrogens is 330 g/mol. The lowest BCUT2D eigenvalue weighted by atomic mass is 10.1. The molecule has 1 N–H and O–H groups in total. The summed E-state index contributed by atoms with van der Waals surface area (Å²) in [4.78, 5) is 5.08. The zero-order valence-electron chi connectivity index (χ0n) is 16.2. The lowest BCUT2D eigenvalue weighted by molar-refractivity contribution is 0.229. The molecule has 2 heterocycles. The summed E-state index contributed by atoms with van der Waals surface area (Å²) in [6.45, 7) is 6.98. The number of likely N-dealkylation sites (tertiary alicyclic amines) is 1. The molecule has 0 radical (unpaired) electrons. The monoisotopic (exact) mass is 361 g/mol. The number of benzene rings is 2. The molecule has 1 fully saturated rings. The Bertz CT molecular complexity index is 712. The van der Waals surface area contributed by atoms with Crippen LogP contribution in [-0.4, -0.2) is 44.2 Å². The van der Waals surface area contributed by atoms with Crippen LogP contribution in [0.2, 0.25) is 0 Å². The Labute approximate surface area is 163 Å². The van der Waals surface area contributed by atoms with Crippen LogP contribution >= 0.6 is 0 Å². The largest absolute Gasteiger partial charge is 0.340 e. The van der Waals surface area contributed by atoms with Crippen molar-refractivity contribution in [2.24, 2.45) is 0 Å². The second-order valence-corrected chi connectivity index (χ2v) is 7.61. The Morgan fingerprint density at radius 3 is 2.00 bits per heavy atom. The maximum Gasteiger partial charge on any atom is 0.0484 e. The van der Waals surface area contributed by atoms with E-state index in [1.807, 2.05) is 0 Å². The Morgan fingerprint density at radius 1 is 0.704 bits per heavy atom. The van der Waals surface area contributed by atoms with E-state index in [0.29, 0.717) is 0 Å². The predicted molar refractivity (Wildman–Crippen MR) is 117 cm³/mol. The first-order valence-corrected chi connectivity index (χ1v) is 10.5. The molecule has 0 atom stereocenters. The molecule has 2 aliphatic rings.